The highest BCUT2D eigenvalue weighted by Crippen LogP contribution is 2.59. The molecule has 13 unspecified atom stereocenters. The molecule has 7 aromatic rings. The van der Waals surface area contributed by atoms with Crippen molar-refractivity contribution in [3.05, 3.63) is 183 Å². The van der Waals surface area contributed by atoms with E-state index >= 15 is 4.79 Å². The van der Waals surface area contributed by atoms with Crippen LogP contribution in [0.5, 0.6) is 28.7 Å². The lowest BCUT2D eigenvalue weighted by Crippen LogP contribution is -2.63. The molecule has 8 N–H and O–H groups in total. The van der Waals surface area contributed by atoms with Gasteiger partial charge in [0.15, 0.2) is 28.8 Å². The quantitative estimate of drug-likeness (QED) is 0.0605. The van der Waals surface area contributed by atoms with Gasteiger partial charge in [-0.1, -0.05) is 142 Å². The van der Waals surface area contributed by atoms with Crippen LogP contribution in [0.4, 0.5) is 0 Å². The van der Waals surface area contributed by atoms with Crippen LogP contribution in [-0.4, -0.2) is 97.2 Å². The zero-order valence-corrected chi connectivity index (χ0v) is 54.4. The summed E-state index contributed by atoms with van der Waals surface area (Å²) in [5, 5.41) is 81.8. The predicted molar refractivity (Wildman–Crippen MR) is 363 cm³/mol. The van der Waals surface area contributed by atoms with Crippen LogP contribution in [0.1, 0.15) is 138 Å². The number of ether oxygens (including phenoxy) is 2. The van der Waals surface area contributed by atoms with Crippen LogP contribution < -0.4 is 14.8 Å². The highest BCUT2D eigenvalue weighted by atomic mass is 33.1. The van der Waals surface area contributed by atoms with Crippen LogP contribution >= 0.6 is 43.2 Å². The molecular weight excluding hydrogens is 1190 g/mol. The van der Waals surface area contributed by atoms with Gasteiger partial charge >= 0.3 is 0 Å². The number of carbonyl (C=O) groups is 1. The van der Waals surface area contributed by atoms with E-state index in [1.165, 1.54) is 5.56 Å². The van der Waals surface area contributed by atoms with Crippen LogP contribution in [0.25, 0.3) is 10.8 Å². The summed E-state index contributed by atoms with van der Waals surface area (Å²) in [6, 6.07) is 38.3. The van der Waals surface area contributed by atoms with Crippen molar-refractivity contribution < 1.29 is 44.9 Å². The maximum absolute atomic E-state index is 17.9. The number of rotatable bonds is 10. The molecule has 15 heteroatoms. The molecule has 6 aromatic carbocycles. The molecule has 3 saturated carbocycles. The fourth-order valence-electron chi connectivity index (χ4n) is 17.4. The third-order valence-electron chi connectivity index (χ3n) is 21.7. The molecule has 0 spiro atoms. The largest absolute Gasteiger partial charge is 0.508 e. The van der Waals surface area contributed by atoms with E-state index in [2.05, 4.69) is 77.9 Å². The Hall–Kier alpha value is -5.23. The van der Waals surface area contributed by atoms with E-state index in [0.717, 1.165) is 138 Å². The fourth-order valence-corrected chi connectivity index (χ4v) is 23.1. The third kappa shape index (κ3) is 12.0. The lowest BCUT2D eigenvalue weighted by molar-refractivity contribution is -0.150. The lowest BCUT2D eigenvalue weighted by atomic mass is 9.52. The minimum Gasteiger partial charge on any atom is -0.508 e. The molecule has 3 aliphatic heterocycles. The number of piperidine rings is 1. The molecule has 13 rings (SSSR count). The number of Topliss-reactive ketones (excluding diaryl/α,β-unsaturated/α-hetero) is 1. The summed E-state index contributed by atoms with van der Waals surface area (Å²) in [4.78, 5) is 21.2. The minimum atomic E-state index is -1.76. The molecule has 470 valence electrons. The van der Waals surface area contributed by atoms with Gasteiger partial charge in [-0.2, -0.15) is 0 Å². The zero-order chi connectivity index (χ0) is 61.4. The molecule has 6 aliphatic rings. The van der Waals surface area contributed by atoms with Crippen molar-refractivity contribution >= 4 is 59.7 Å². The number of aliphatic hydroxyl groups is 3. The number of aromatic amines is 1. The Bertz CT molecular complexity index is 3620. The maximum Gasteiger partial charge on any atom is 0.164 e. The molecular formula is C74H86N2O9S4. The number of hydrogen-bond acceptors (Lipinski definition) is 14. The molecule has 2 bridgehead atoms. The van der Waals surface area contributed by atoms with Crippen LogP contribution in [-0.2, 0) is 47.9 Å². The van der Waals surface area contributed by atoms with E-state index in [4.69, 9.17) is 9.47 Å². The molecule has 3 aliphatic carbocycles. The van der Waals surface area contributed by atoms with Gasteiger partial charge in [-0.25, -0.2) is 0 Å². The Kier molecular flexibility index (Phi) is 19.1. The predicted octanol–water partition coefficient (Wildman–Crippen LogP) is 14.5. The number of aromatic hydroxyl groups is 3. The number of H-pyrrole nitrogens is 1. The van der Waals surface area contributed by atoms with Crippen molar-refractivity contribution in [3.63, 3.8) is 0 Å². The molecule has 1 aromatic heterocycles. The smallest absolute Gasteiger partial charge is 0.164 e. The van der Waals surface area contributed by atoms with Gasteiger partial charge in [-0.3, -0.25) is 4.79 Å². The Morgan fingerprint density at radius 3 is 2.37 bits per heavy atom. The highest BCUT2D eigenvalue weighted by molar-refractivity contribution is 8.77. The second-order valence-corrected chi connectivity index (χ2v) is 31.6. The van der Waals surface area contributed by atoms with Gasteiger partial charge in [-0.05, 0) is 205 Å². The first kappa shape index (κ1) is 62.6. The lowest BCUT2D eigenvalue weighted by Gasteiger charge is -2.54. The van der Waals surface area contributed by atoms with Crippen molar-refractivity contribution in [2.45, 2.75) is 144 Å². The average Bonchev–Trinajstić information content (AvgIpc) is 0.751. The van der Waals surface area contributed by atoms with Crippen molar-refractivity contribution in [3.8, 4) is 28.7 Å². The van der Waals surface area contributed by atoms with E-state index in [-0.39, 0.29) is 59.2 Å². The number of aryl methyl sites for hydroxylation is 1. The number of aliphatic hydroxyl groups excluding tert-OH is 3. The first-order chi connectivity index (χ1) is 43.4. The molecule has 1 saturated heterocycles. The zero-order valence-electron chi connectivity index (χ0n) is 51.2. The van der Waals surface area contributed by atoms with Gasteiger partial charge in [0.2, 0.25) is 0 Å². The summed E-state index contributed by atoms with van der Waals surface area (Å²) in [6.07, 6.45) is 13.1. The Labute approximate surface area is 540 Å². The number of hydrogen-bond donors (Lipinski definition) is 8. The van der Waals surface area contributed by atoms with E-state index in [0.29, 0.717) is 53.7 Å². The van der Waals surface area contributed by atoms with Crippen molar-refractivity contribution in [1.29, 1.82) is 0 Å². The van der Waals surface area contributed by atoms with Crippen LogP contribution in [0.2, 0.25) is 0 Å². The maximum atomic E-state index is 17.9. The normalized spacial score (nSPS) is 30.2. The van der Waals surface area contributed by atoms with E-state index in [9.17, 15) is 30.6 Å². The fraction of sp³-hybridized carbons (Fsp3) is 0.473. The van der Waals surface area contributed by atoms with Crippen LogP contribution in [0.3, 0.4) is 0 Å². The number of carbonyl (C=O) groups excluding carboxylic acids is 1. The molecule has 89 heavy (non-hydrogen) atoms. The molecule has 4 fully saturated rings. The number of ketones is 1. The second-order valence-electron chi connectivity index (χ2n) is 26.4. The number of methoxy groups -OCH3 is 1. The second kappa shape index (κ2) is 27.2. The van der Waals surface area contributed by atoms with Gasteiger partial charge in [-0.15, -0.1) is 0 Å². The van der Waals surface area contributed by atoms with Gasteiger partial charge in [0, 0.05) is 64.9 Å². The van der Waals surface area contributed by atoms with Crippen LogP contribution in [0.15, 0.2) is 128 Å². The van der Waals surface area contributed by atoms with E-state index < -0.39 is 46.8 Å². The Morgan fingerprint density at radius 2 is 1.55 bits per heavy atom. The summed E-state index contributed by atoms with van der Waals surface area (Å²) in [5.74, 6) is 0.0118. The van der Waals surface area contributed by atoms with Gasteiger partial charge in [0.1, 0.15) is 11.9 Å². The molecule has 0 amide bonds. The number of fused-ring (bicyclic) bond motifs is 6. The monoisotopic (exact) mass is 1270 g/mol. The van der Waals surface area contributed by atoms with Crippen LogP contribution in [0, 0.1) is 35.5 Å². The number of nitrogens with one attached hydrogen (secondary N) is 2. The summed E-state index contributed by atoms with van der Waals surface area (Å²) >= 11 is 0. The van der Waals surface area contributed by atoms with E-state index in [1.54, 1.807) is 68.5 Å². The number of benzene rings is 6. The number of phenols is 3. The van der Waals surface area contributed by atoms with Crippen molar-refractivity contribution in [2.24, 2.45) is 35.5 Å². The first-order valence-electron chi connectivity index (χ1n) is 32.6. The van der Waals surface area contributed by atoms with Gasteiger partial charge in [0.25, 0.3) is 0 Å². The average molecular weight is 1280 g/mol. The standard InChI is InChI=1S/C74H86N2O9S4/c1-3-46-20-21-47-15-9-17-57-66(40-77)89-88-42-53-34-67(81)74(61-43-87-86-41-51-14-7-8-19-64(51)85-65-33-50(61)23-24-62(65)79,55-35-54(36-56(78)37-55)73-27-10-16-49(60(73)18-11-28-76-73)30-44-12-5-4-6-13-44)72(83)69(53)70(82)52(31-45-26-29-75-39-45)32-48-22-25-63(80)71(84-2)59(48)38-58(46)68(47)57/h4-6,9,12-13,15,17,20-26,29,33,35-37,39,49,51-53,60-61,64,66-67,69-70,75-82H,3,7-8,10-11,14,16,18-19,27-28,30-32,34,38,40-43H2,1-2H3. The minimum absolute atomic E-state index is 0.00518. The molecule has 11 nitrogen and oxygen atoms in total. The number of aromatic nitrogens is 1. The summed E-state index contributed by atoms with van der Waals surface area (Å²) in [6.45, 7) is 2.80. The summed E-state index contributed by atoms with van der Waals surface area (Å²) in [7, 11) is 8.22. The first-order valence-corrected chi connectivity index (χ1v) is 37.5. The van der Waals surface area contributed by atoms with Crippen molar-refractivity contribution in [2.75, 3.05) is 37.5 Å². The molecule has 13 atom stereocenters. The Balaban J connectivity index is 1.01. The van der Waals surface area contributed by atoms with Gasteiger partial charge in [0.05, 0.1) is 36.6 Å². The third-order valence-corrected chi connectivity index (χ3v) is 27.1. The Morgan fingerprint density at radius 1 is 0.742 bits per heavy atom. The van der Waals surface area contributed by atoms with Crippen molar-refractivity contribution in [1.82, 2.24) is 10.3 Å². The molecule has 0 radical (unpaired) electrons. The summed E-state index contributed by atoms with van der Waals surface area (Å²) in [5.41, 5.74) is 7.04. The summed E-state index contributed by atoms with van der Waals surface area (Å²) < 4.78 is 13.1. The number of phenolic OH excluding ortho intramolecular Hbond substituents is 3. The highest BCUT2D eigenvalue weighted by Gasteiger charge is 2.62. The van der Waals surface area contributed by atoms with Gasteiger partial charge < -0.3 is 50.4 Å². The SMILES string of the molecule is CCc1ccc2cccc3c2c1Cc1c(ccc(O)c1OC)CC(Cc1cc[nH]c1)C(O)C1C(=O)C(c2cc(O)cc(C45CCCC(Cc6ccccc6)C4CCCN5)c2)(C2CSSCC4CCCCC4Oc4cc2ccc4O)C(O)CC1CSSC3CO. The topological polar surface area (TPSA) is 185 Å². The molecule has 4 heterocycles. The van der Waals surface area contributed by atoms with E-state index in [1.807, 2.05) is 48.8 Å².